The molecule has 1 aliphatic rings. The number of amides is 1. The Morgan fingerprint density at radius 1 is 1.38 bits per heavy atom. The molecule has 21 heavy (non-hydrogen) atoms. The van der Waals surface area contributed by atoms with E-state index in [0.717, 1.165) is 25.0 Å². The summed E-state index contributed by atoms with van der Waals surface area (Å²) in [5.74, 6) is -0.481. The van der Waals surface area contributed by atoms with E-state index in [9.17, 15) is 18.0 Å². The van der Waals surface area contributed by atoms with E-state index in [1.165, 1.54) is 17.0 Å². The van der Waals surface area contributed by atoms with Crippen LogP contribution in [0.4, 0.5) is 13.2 Å². The third kappa shape index (κ3) is 3.72. The van der Waals surface area contributed by atoms with Gasteiger partial charge < -0.3 is 10.6 Å². The molecule has 1 aromatic carbocycles. The molecule has 1 aromatic rings. The molecule has 1 heterocycles. The molecule has 1 saturated heterocycles. The summed E-state index contributed by atoms with van der Waals surface area (Å²) in [7, 11) is 0. The lowest BCUT2D eigenvalue weighted by atomic mass is 9.97. The molecule has 0 spiro atoms. The van der Waals surface area contributed by atoms with Gasteiger partial charge in [-0.25, -0.2) is 0 Å². The number of likely N-dealkylation sites (tertiary alicyclic amines) is 1. The minimum atomic E-state index is -4.46. The number of alkyl halides is 3. The first kappa shape index (κ1) is 15.8. The van der Waals surface area contributed by atoms with Crippen LogP contribution in [-0.4, -0.2) is 28.9 Å². The summed E-state index contributed by atoms with van der Waals surface area (Å²) in [5, 5.41) is 0. The maximum atomic E-state index is 12.7. The summed E-state index contributed by atoms with van der Waals surface area (Å²) in [6, 6.07) is 4.46. The Morgan fingerprint density at radius 2 is 2.10 bits per heavy atom. The van der Waals surface area contributed by atoms with Crippen LogP contribution in [0.25, 0.3) is 0 Å². The molecule has 0 aromatic heterocycles. The Labute approximate surface area is 125 Å². The normalized spacial score (nSPS) is 19.4. The van der Waals surface area contributed by atoms with Crippen LogP contribution in [-0.2, 0) is 6.18 Å². The van der Waals surface area contributed by atoms with E-state index in [0.29, 0.717) is 18.1 Å². The first-order valence-electron chi connectivity index (χ1n) is 6.55. The first-order valence-corrected chi connectivity index (χ1v) is 6.95. The molecule has 2 N–H and O–H groups in total. The van der Waals surface area contributed by atoms with Gasteiger partial charge in [0.05, 0.1) is 10.6 Å². The Morgan fingerprint density at radius 3 is 2.71 bits per heavy atom. The molecule has 0 aliphatic carbocycles. The van der Waals surface area contributed by atoms with Crippen LogP contribution in [0.15, 0.2) is 24.3 Å². The molecule has 3 nitrogen and oxygen atoms in total. The minimum Gasteiger partial charge on any atom is -0.393 e. The second-order valence-corrected chi connectivity index (χ2v) is 5.54. The second-order valence-electron chi connectivity index (χ2n) is 5.07. The van der Waals surface area contributed by atoms with Gasteiger partial charge in [-0.15, -0.1) is 0 Å². The predicted octanol–water partition coefficient (Wildman–Crippen LogP) is 2.84. The van der Waals surface area contributed by atoms with Gasteiger partial charge in [-0.05, 0) is 31.0 Å². The average molecular weight is 316 g/mol. The summed E-state index contributed by atoms with van der Waals surface area (Å²) in [6.07, 6.45) is -2.91. The van der Waals surface area contributed by atoms with Gasteiger partial charge in [0, 0.05) is 24.6 Å². The van der Waals surface area contributed by atoms with Crippen LogP contribution in [0.3, 0.4) is 0 Å². The van der Waals surface area contributed by atoms with Crippen molar-refractivity contribution in [3.63, 3.8) is 0 Å². The molecule has 1 unspecified atom stereocenters. The van der Waals surface area contributed by atoms with Crippen molar-refractivity contribution >= 4 is 23.1 Å². The van der Waals surface area contributed by atoms with Crippen LogP contribution in [0.1, 0.15) is 28.8 Å². The Balaban J connectivity index is 2.18. The number of thiocarbonyl (C=S) groups is 1. The second kappa shape index (κ2) is 6.01. The van der Waals surface area contributed by atoms with Gasteiger partial charge in [0.1, 0.15) is 0 Å². The summed E-state index contributed by atoms with van der Waals surface area (Å²) in [5.41, 5.74) is 4.81. The number of piperidine rings is 1. The number of hydrogen-bond acceptors (Lipinski definition) is 2. The Kier molecular flexibility index (Phi) is 4.51. The summed E-state index contributed by atoms with van der Waals surface area (Å²) in [4.78, 5) is 14.2. The molecule has 1 fully saturated rings. The van der Waals surface area contributed by atoms with Crippen molar-refractivity contribution in [2.45, 2.75) is 19.0 Å². The number of carbonyl (C=O) groups excluding carboxylic acids is 1. The number of rotatable bonds is 2. The fraction of sp³-hybridized carbons (Fsp3) is 0.429. The predicted molar refractivity (Wildman–Crippen MR) is 76.9 cm³/mol. The zero-order chi connectivity index (χ0) is 15.6. The maximum Gasteiger partial charge on any atom is 0.416 e. The lowest BCUT2D eigenvalue weighted by molar-refractivity contribution is -0.137. The van der Waals surface area contributed by atoms with Crippen molar-refractivity contribution < 1.29 is 18.0 Å². The van der Waals surface area contributed by atoms with E-state index in [1.54, 1.807) is 0 Å². The molecule has 0 radical (unpaired) electrons. The van der Waals surface area contributed by atoms with Crippen LogP contribution in [0.2, 0.25) is 0 Å². The Hall–Kier alpha value is -1.63. The molecule has 7 heteroatoms. The third-order valence-electron chi connectivity index (χ3n) is 3.55. The topological polar surface area (TPSA) is 46.3 Å². The molecule has 1 aliphatic heterocycles. The van der Waals surface area contributed by atoms with E-state index in [-0.39, 0.29) is 11.5 Å². The monoisotopic (exact) mass is 316 g/mol. The number of carbonyl (C=O) groups is 1. The molecular formula is C14H15F3N2OS. The minimum absolute atomic E-state index is 0.0356. The van der Waals surface area contributed by atoms with Gasteiger partial charge in [0.2, 0.25) is 0 Å². The van der Waals surface area contributed by atoms with Gasteiger partial charge in [-0.2, -0.15) is 13.2 Å². The van der Waals surface area contributed by atoms with Crippen molar-refractivity contribution in [3.8, 4) is 0 Å². The van der Waals surface area contributed by atoms with E-state index in [1.807, 2.05) is 0 Å². The standard InChI is InChI=1S/C14H15F3N2OS/c15-14(16,17)11-5-1-3-9(7-11)13(20)19-6-2-4-10(8-19)12(18)21/h1,3,5,7,10H,2,4,6,8H2,(H2,18,21). The molecule has 114 valence electrons. The number of nitrogens with zero attached hydrogens (tertiary/aromatic N) is 1. The van der Waals surface area contributed by atoms with Crippen LogP contribution in [0.5, 0.6) is 0 Å². The number of halogens is 3. The quantitative estimate of drug-likeness (QED) is 0.854. The third-order valence-corrected chi connectivity index (χ3v) is 3.88. The van der Waals surface area contributed by atoms with Crippen molar-refractivity contribution in [2.75, 3.05) is 13.1 Å². The van der Waals surface area contributed by atoms with Crippen molar-refractivity contribution in [2.24, 2.45) is 11.7 Å². The number of nitrogens with two attached hydrogens (primary N) is 1. The highest BCUT2D eigenvalue weighted by atomic mass is 32.1. The molecule has 1 atom stereocenters. The Bertz CT molecular complexity index is 559. The van der Waals surface area contributed by atoms with E-state index < -0.39 is 17.6 Å². The van der Waals surface area contributed by atoms with Gasteiger partial charge in [0.25, 0.3) is 5.91 Å². The molecule has 2 rings (SSSR count). The van der Waals surface area contributed by atoms with Crippen molar-refractivity contribution in [1.29, 1.82) is 0 Å². The van der Waals surface area contributed by atoms with Crippen LogP contribution < -0.4 is 5.73 Å². The molecule has 0 saturated carbocycles. The highest BCUT2D eigenvalue weighted by Gasteiger charge is 2.32. The largest absolute Gasteiger partial charge is 0.416 e. The first-order chi connectivity index (χ1) is 9.79. The van der Waals surface area contributed by atoms with E-state index in [4.69, 9.17) is 18.0 Å². The van der Waals surface area contributed by atoms with Gasteiger partial charge in [-0.1, -0.05) is 18.3 Å². The SMILES string of the molecule is NC(=S)C1CCCN(C(=O)c2cccc(C(F)(F)F)c2)C1. The number of hydrogen-bond donors (Lipinski definition) is 1. The van der Waals surface area contributed by atoms with Gasteiger partial charge >= 0.3 is 6.18 Å². The van der Waals surface area contributed by atoms with Gasteiger partial charge in [-0.3, -0.25) is 4.79 Å². The fourth-order valence-corrected chi connectivity index (χ4v) is 2.60. The molecular weight excluding hydrogens is 301 g/mol. The van der Waals surface area contributed by atoms with Crippen molar-refractivity contribution in [3.05, 3.63) is 35.4 Å². The fourth-order valence-electron chi connectivity index (χ4n) is 2.40. The van der Waals surface area contributed by atoms with E-state index >= 15 is 0 Å². The van der Waals surface area contributed by atoms with Crippen LogP contribution >= 0.6 is 12.2 Å². The zero-order valence-electron chi connectivity index (χ0n) is 11.2. The lowest BCUT2D eigenvalue weighted by Gasteiger charge is -2.32. The molecule has 1 amide bonds. The number of benzene rings is 1. The highest BCUT2D eigenvalue weighted by molar-refractivity contribution is 7.80. The zero-order valence-corrected chi connectivity index (χ0v) is 12.0. The van der Waals surface area contributed by atoms with E-state index in [2.05, 4.69) is 0 Å². The smallest absolute Gasteiger partial charge is 0.393 e. The maximum absolute atomic E-state index is 12.7. The highest BCUT2D eigenvalue weighted by Crippen LogP contribution is 2.30. The molecule has 0 bridgehead atoms. The lowest BCUT2D eigenvalue weighted by Crippen LogP contribution is -2.43. The van der Waals surface area contributed by atoms with Crippen LogP contribution in [0, 0.1) is 5.92 Å². The average Bonchev–Trinajstić information content (AvgIpc) is 2.46. The summed E-state index contributed by atoms with van der Waals surface area (Å²) in [6.45, 7) is 0.874. The van der Waals surface area contributed by atoms with Gasteiger partial charge in [0.15, 0.2) is 0 Å². The van der Waals surface area contributed by atoms with Crippen molar-refractivity contribution in [1.82, 2.24) is 4.90 Å². The summed E-state index contributed by atoms with van der Waals surface area (Å²) >= 11 is 4.93. The summed E-state index contributed by atoms with van der Waals surface area (Å²) < 4.78 is 38.0.